The van der Waals surface area contributed by atoms with Crippen molar-refractivity contribution >= 4 is 12.4 Å². The maximum Gasteiger partial charge on any atom is 0.0271 e. The van der Waals surface area contributed by atoms with E-state index in [2.05, 4.69) is 34.4 Å². The molecule has 1 aliphatic rings. The predicted octanol–water partition coefficient (Wildman–Crippen LogP) is 1.69. The minimum Gasteiger partial charge on any atom is -0.317 e. The van der Waals surface area contributed by atoms with E-state index in [1.54, 1.807) is 0 Å². The van der Waals surface area contributed by atoms with Gasteiger partial charge in [0.1, 0.15) is 0 Å². The number of halogens is 1. The first-order chi connectivity index (χ1) is 7.36. The lowest BCUT2D eigenvalue weighted by molar-refractivity contribution is 0.192. The zero-order valence-corrected chi connectivity index (χ0v) is 10.5. The van der Waals surface area contributed by atoms with Gasteiger partial charge in [0, 0.05) is 25.0 Å². The first kappa shape index (κ1) is 13.4. The fraction of sp³-hybridized carbons (Fsp3) is 0.583. The molecule has 0 saturated carbocycles. The molecule has 0 spiro atoms. The van der Waals surface area contributed by atoms with Crippen LogP contribution in [-0.2, 0) is 6.54 Å². The largest absolute Gasteiger partial charge is 0.317 e. The third-order valence-corrected chi connectivity index (χ3v) is 3.11. The highest BCUT2D eigenvalue weighted by atomic mass is 35.5. The van der Waals surface area contributed by atoms with Crippen molar-refractivity contribution in [2.24, 2.45) is 0 Å². The molecule has 1 fully saturated rings. The standard InChI is InChI=1S/C12H19N3.ClH/c1-15(12-4-8-14-9-5-12)10-11-2-6-13-7-3-11;/h2-3,6-7,12,14H,4-5,8-10H2,1H3;1H. The van der Waals surface area contributed by atoms with Crippen LogP contribution in [0.2, 0.25) is 0 Å². The van der Waals surface area contributed by atoms with Gasteiger partial charge in [0.05, 0.1) is 0 Å². The van der Waals surface area contributed by atoms with Crippen LogP contribution in [0.4, 0.5) is 0 Å². The summed E-state index contributed by atoms with van der Waals surface area (Å²) in [6.45, 7) is 3.35. The maximum absolute atomic E-state index is 4.04. The highest BCUT2D eigenvalue weighted by Crippen LogP contribution is 2.12. The quantitative estimate of drug-likeness (QED) is 0.873. The molecule has 0 atom stereocenters. The number of nitrogens with one attached hydrogen (secondary N) is 1. The Labute approximate surface area is 104 Å². The van der Waals surface area contributed by atoms with E-state index >= 15 is 0 Å². The van der Waals surface area contributed by atoms with Gasteiger partial charge in [-0.25, -0.2) is 0 Å². The number of aromatic nitrogens is 1. The third kappa shape index (κ3) is 3.74. The van der Waals surface area contributed by atoms with Gasteiger partial charge in [-0.1, -0.05) is 0 Å². The second kappa shape index (κ2) is 6.84. The van der Waals surface area contributed by atoms with E-state index in [0.717, 1.165) is 25.7 Å². The molecule has 1 aromatic rings. The zero-order chi connectivity index (χ0) is 10.5. The molecule has 0 aliphatic carbocycles. The van der Waals surface area contributed by atoms with Crippen LogP contribution in [0.1, 0.15) is 18.4 Å². The number of nitrogens with zero attached hydrogens (tertiary/aromatic N) is 2. The van der Waals surface area contributed by atoms with Crippen molar-refractivity contribution in [2.75, 3.05) is 20.1 Å². The molecule has 90 valence electrons. The van der Waals surface area contributed by atoms with E-state index in [0.29, 0.717) is 0 Å². The van der Waals surface area contributed by atoms with Crippen molar-refractivity contribution in [3.05, 3.63) is 30.1 Å². The molecule has 0 unspecified atom stereocenters. The Bertz CT molecular complexity index is 286. The van der Waals surface area contributed by atoms with Crippen molar-refractivity contribution in [2.45, 2.75) is 25.4 Å². The van der Waals surface area contributed by atoms with Gasteiger partial charge in [0.15, 0.2) is 0 Å². The minimum atomic E-state index is 0. The lowest BCUT2D eigenvalue weighted by Gasteiger charge is -2.31. The number of pyridine rings is 1. The van der Waals surface area contributed by atoms with Crippen LogP contribution in [-0.4, -0.2) is 36.1 Å². The molecule has 1 aromatic heterocycles. The van der Waals surface area contributed by atoms with Crippen LogP contribution < -0.4 is 5.32 Å². The van der Waals surface area contributed by atoms with Crippen LogP contribution in [0.15, 0.2) is 24.5 Å². The van der Waals surface area contributed by atoms with Gasteiger partial charge in [0.2, 0.25) is 0 Å². The first-order valence-corrected chi connectivity index (χ1v) is 5.66. The predicted molar refractivity (Wildman–Crippen MR) is 68.8 cm³/mol. The van der Waals surface area contributed by atoms with Gasteiger partial charge in [-0.3, -0.25) is 9.88 Å². The molecule has 2 rings (SSSR count). The van der Waals surface area contributed by atoms with Crippen LogP contribution in [0.3, 0.4) is 0 Å². The Kier molecular flexibility index (Phi) is 5.74. The fourth-order valence-corrected chi connectivity index (χ4v) is 2.15. The molecule has 0 radical (unpaired) electrons. The van der Waals surface area contributed by atoms with Gasteiger partial charge in [0.25, 0.3) is 0 Å². The molecular weight excluding hydrogens is 222 g/mol. The molecular formula is C12H20ClN3. The van der Waals surface area contributed by atoms with Gasteiger partial charge in [-0.15, -0.1) is 12.4 Å². The molecule has 1 N–H and O–H groups in total. The van der Waals surface area contributed by atoms with E-state index < -0.39 is 0 Å². The van der Waals surface area contributed by atoms with Gasteiger partial charge < -0.3 is 5.32 Å². The van der Waals surface area contributed by atoms with E-state index in [9.17, 15) is 0 Å². The van der Waals surface area contributed by atoms with Gasteiger partial charge in [-0.2, -0.15) is 0 Å². The van der Waals surface area contributed by atoms with E-state index in [4.69, 9.17) is 0 Å². The molecule has 0 aromatic carbocycles. The maximum atomic E-state index is 4.04. The molecule has 3 nitrogen and oxygen atoms in total. The monoisotopic (exact) mass is 241 g/mol. The summed E-state index contributed by atoms with van der Waals surface area (Å²) in [5.41, 5.74) is 1.35. The molecule has 1 saturated heterocycles. The summed E-state index contributed by atoms with van der Waals surface area (Å²) in [7, 11) is 2.22. The highest BCUT2D eigenvalue weighted by Gasteiger charge is 2.17. The summed E-state index contributed by atoms with van der Waals surface area (Å²) >= 11 is 0. The molecule has 0 amide bonds. The summed E-state index contributed by atoms with van der Waals surface area (Å²) in [6.07, 6.45) is 6.26. The lowest BCUT2D eigenvalue weighted by atomic mass is 10.0. The second-order valence-electron chi connectivity index (χ2n) is 4.25. The van der Waals surface area contributed by atoms with Crippen LogP contribution in [0, 0.1) is 0 Å². The second-order valence-corrected chi connectivity index (χ2v) is 4.25. The smallest absolute Gasteiger partial charge is 0.0271 e. The SMILES string of the molecule is CN(Cc1ccncc1)C1CCNCC1.Cl. The van der Waals surface area contributed by atoms with Crippen molar-refractivity contribution < 1.29 is 0 Å². The number of hydrogen-bond acceptors (Lipinski definition) is 3. The Morgan fingerprint density at radius 1 is 1.31 bits per heavy atom. The zero-order valence-electron chi connectivity index (χ0n) is 9.72. The van der Waals surface area contributed by atoms with Gasteiger partial charge in [-0.05, 0) is 50.7 Å². The van der Waals surface area contributed by atoms with Gasteiger partial charge >= 0.3 is 0 Å². The minimum absolute atomic E-state index is 0. The number of hydrogen-bond donors (Lipinski definition) is 1. The molecule has 16 heavy (non-hydrogen) atoms. The van der Waals surface area contributed by atoms with Crippen molar-refractivity contribution in [1.29, 1.82) is 0 Å². The normalized spacial score (nSPS) is 17.1. The van der Waals surface area contributed by atoms with Crippen LogP contribution in [0.5, 0.6) is 0 Å². The van der Waals surface area contributed by atoms with Crippen LogP contribution >= 0.6 is 12.4 Å². The van der Waals surface area contributed by atoms with E-state index in [1.165, 1.54) is 18.4 Å². The summed E-state index contributed by atoms with van der Waals surface area (Å²) in [5, 5.41) is 3.40. The topological polar surface area (TPSA) is 28.2 Å². The van der Waals surface area contributed by atoms with E-state index in [-0.39, 0.29) is 12.4 Å². The molecule has 4 heteroatoms. The third-order valence-electron chi connectivity index (χ3n) is 3.11. The van der Waals surface area contributed by atoms with E-state index in [1.807, 2.05) is 12.4 Å². The Morgan fingerprint density at radius 3 is 2.56 bits per heavy atom. The number of piperidine rings is 1. The summed E-state index contributed by atoms with van der Waals surface area (Å²) < 4.78 is 0. The van der Waals surface area contributed by atoms with Crippen molar-refractivity contribution in [3.63, 3.8) is 0 Å². The highest BCUT2D eigenvalue weighted by molar-refractivity contribution is 5.85. The Morgan fingerprint density at radius 2 is 1.94 bits per heavy atom. The van der Waals surface area contributed by atoms with Crippen LogP contribution in [0.25, 0.3) is 0 Å². The van der Waals surface area contributed by atoms with Crippen molar-refractivity contribution in [1.82, 2.24) is 15.2 Å². The molecule has 1 aliphatic heterocycles. The van der Waals surface area contributed by atoms with Crippen molar-refractivity contribution in [3.8, 4) is 0 Å². The lowest BCUT2D eigenvalue weighted by Crippen LogP contribution is -2.40. The Balaban J connectivity index is 0.00000128. The molecule has 2 heterocycles. The first-order valence-electron chi connectivity index (χ1n) is 5.66. The number of rotatable bonds is 3. The summed E-state index contributed by atoms with van der Waals surface area (Å²) in [6, 6.07) is 4.93. The average Bonchev–Trinajstić information content (AvgIpc) is 2.31. The summed E-state index contributed by atoms with van der Waals surface area (Å²) in [4.78, 5) is 6.49. The fourth-order valence-electron chi connectivity index (χ4n) is 2.15. The molecule has 0 bridgehead atoms. The summed E-state index contributed by atoms with van der Waals surface area (Å²) in [5.74, 6) is 0. The average molecular weight is 242 g/mol. The Hall–Kier alpha value is -0.640.